The minimum Gasteiger partial charge on any atom is -0.319 e. The van der Waals surface area contributed by atoms with Crippen LogP contribution in [0.4, 0.5) is 0 Å². The van der Waals surface area contributed by atoms with Gasteiger partial charge < -0.3 is 5.32 Å². The van der Waals surface area contributed by atoms with Crippen LogP contribution >= 0.6 is 12.4 Å². The smallest absolute Gasteiger partial charge is 0.216 e. The summed E-state index contributed by atoms with van der Waals surface area (Å²) >= 11 is 0. The van der Waals surface area contributed by atoms with E-state index in [0.717, 1.165) is 45.3 Å². The lowest BCUT2D eigenvalue weighted by Gasteiger charge is -2.31. The second-order valence-corrected chi connectivity index (χ2v) is 6.88. The van der Waals surface area contributed by atoms with Gasteiger partial charge in [-0.15, -0.1) is 12.4 Å². The molecule has 0 aromatic rings. The predicted octanol–water partition coefficient (Wildman–Crippen LogP) is 0.832. The zero-order valence-corrected chi connectivity index (χ0v) is 11.3. The second-order valence-electron chi connectivity index (χ2n) is 4.67. The predicted molar refractivity (Wildman–Crippen MR) is 67.4 cm³/mol. The largest absolute Gasteiger partial charge is 0.319 e. The third kappa shape index (κ3) is 3.09. The summed E-state index contributed by atoms with van der Waals surface area (Å²) in [6.45, 7) is 2.38. The Morgan fingerprint density at radius 3 is 2.56 bits per heavy atom. The highest BCUT2D eigenvalue weighted by Gasteiger charge is 2.41. The van der Waals surface area contributed by atoms with Crippen LogP contribution in [0.5, 0.6) is 0 Å². The molecule has 0 spiro atoms. The molecule has 1 aliphatic carbocycles. The zero-order valence-electron chi connectivity index (χ0n) is 9.68. The Kier molecular flexibility index (Phi) is 5.04. The van der Waals surface area contributed by atoms with E-state index in [2.05, 4.69) is 5.32 Å². The highest BCUT2D eigenvalue weighted by atomic mass is 35.5. The van der Waals surface area contributed by atoms with Crippen molar-refractivity contribution in [2.45, 2.75) is 30.9 Å². The number of nitrogens with zero attached hydrogens (tertiary/aromatic N) is 1. The molecule has 0 bridgehead atoms. The van der Waals surface area contributed by atoms with Crippen molar-refractivity contribution in [3.8, 4) is 0 Å². The van der Waals surface area contributed by atoms with E-state index in [1.807, 2.05) is 7.05 Å². The van der Waals surface area contributed by atoms with Gasteiger partial charge in [0.05, 0.1) is 5.25 Å². The van der Waals surface area contributed by atoms with Gasteiger partial charge in [0.15, 0.2) is 0 Å². The molecule has 2 rings (SSSR count). The summed E-state index contributed by atoms with van der Waals surface area (Å²) in [6.07, 6.45) is 3.90. The molecule has 1 N–H and O–H groups in total. The van der Waals surface area contributed by atoms with E-state index in [0.29, 0.717) is 5.92 Å². The maximum atomic E-state index is 12.0. The summed E-state index contributed by atoms with van der Waals surface area (Å²) in [7, 11) is -1.01. The molecule has 16 heavy (non-hydrogen) atoms. The van der Waals surface area contributed by atoms with E-state index < -0.39 is 10.0 Å². The van der Waals surface area contributed by atoms with Gasteiger partial charge in [-0.25, -0.2) is 12.7 Å². The molecule has 1 saturated heterocycles. The van der Waals surface area contributed by atoms with Gasteiger partial charge in [0.25, 0.3) is 0 Å². The first kappa shape index (κ1) is 14.2. The molecule has 4 nitrogen and oxygen atoms in total. The van der Waals surface area contributed by atoms with E-state index in [-0.39, 0.29) is 17.7 Å². The number of nitrogens with one attached hydrogen (secondary N) is 1. The summed E-state index contributed by atoms with van der Waals surface area (Å²) in [4.78, 5) is 0. The fourth-order valence-corrected chi connectivity index (χ4v) is 4.25. The lowest BCUT2D eigenvalue weighted by Crippen LogP contribution is -2.43. The number of piperidine rings is 1. The Morgan fingerprint density at radius 1 is 1.31 bits per heavy atom. The quantitative estimate of drug-likeness (QED) is 0.822. The van der Waals surface area contributed by atoms with Crippen molar-refractivity contribution in [2.24, 2.45) is 5.92 Å². The SMILES string of the molecule is CNCC1CCCN(S(=O)(=O)C2CC2)C1.Cl. The molecule has 0 radical (unpaired) electrons. The molecule has 1 aliphatic heterocycles. The summed E-state index contributed by atoms with van der Waals surface area (Å²) in [5.41, 5.74) is 0. The minimum atomic E-state index is -2.93. The third-order valence-electron chi connectivity index (χ3n) is 3.28. The first-order chi connectivity index (χ1) is 7.14. The Morgan fingerprint density at radius 2 is 2.00 bits per heavy atom. The molecule has 1 saturated carbocycles. The molecule has 1 atom stereocenters. The fourth-order valence-electron chi connectivity index (χ4n) is 2.29. The van der Waals surface area contributed by atoms with Gasteiger partial charge in [-0.05, 0) is 45.2 Å². The van der Waals surface area contributed by atoms with Crippen molar-refractivity contribution in [3.05, 3.63) is 0 Å². The van der Waals surface area contributed by atoms with Crippen molar-refractivity contribution >= 4 is 22.4 Å². The monoisotopic (exact) mass is 268 g/mol. The van der Waals surface area contributed by atoms with Crippen LogP contribution in [-0.2, 0) is 10.0 Å². The summed E-state index contributed by atoms with van der Waals surface area (Å²) in [6, 6.07) is 0. The van der Waals surface area contributed by atoms with E-state index in [4.69, 9.17) is 0 Å². The Bertz CT molecular complexity index is 315. The average molecular weight is 269 g/mol. The normalized spacial score (nSPS) is 27.4. The molecule has 1 unspecified atom stereocenters. The molecular formula is C10H21ClN2O2S. The first-order valence-electron chi connectivity index (χ1n) is 5.78. The van der Waals surface area contributed by atoms with Crippen LogP contribution in [0.3, 0.4) is 0 Å². The topological polar surface area (TPSA) is 49.4 Å². The highest BCUT2D eigenvalue weighted by Crippen LogP contribution is 2.33. The molecule has 96 valence electrons. The van der Waals surface area contributed by atoms with Gasteiger partial charge in [0.1, 0.15) is 0 Å². The lowest BCUT2D eigenvalue weighted by atomic mass is 10.00. The summed E-state index contributed by atoms with van der Waals surface area (Å²) < 4.78 is 25.7. The van der Waals surface area contributed by atoms with E-state index in [1.165, 1.54) is 0 Å². The maximum Gasteiger partial charge on any atom is 0.216 e. The molecular weight excluding hydrogens is 248 g/mol. The number of sulfonamides is 1. The van der Waals surface area contributed by atoms with Crippen LogP contribution in [0.15, 0.2) is 0 Å². The third-order valence-corrected chi connectivity index (χ3v) is 5.65. The van der Waals surface area contributed by atoms with Crippen molar-refractivity contribution in [1.29, 1.82) is 0 Å². The lowest BCUT2D eigenvalue weighted by molar-refractivity contribution is 0.263. The molecule has 0 aromatic carbocycles. The first-order valence-corrected chi connectivity index (χ1v) is 7.28. The molecule has 0 amide bonds. The van der Waals surface area contributed by atoms with E-state index >= 15 is 0 Å². The molecule has 2 fully saturated rings. The Hall–Kier alpha value is 0.160. The van der Waals surface area contributed by atoms with Crippen LogP contribution in [0.2, 0.25) is 0 Å². The number of hydrogen-bond acceptors (Lipinski definition) is 3. The second kappa shape index (κ2) is 5.67. The van der Waals surface area contributed by atoms with Gasteiger partial charge in [0.2, 0.25) is 10.0 Å². The standard InChI is InChI=1S/C10H20N2O2S.ClH/c1-11-7-9-3-2-6-12(8-9)15(13,14)10-4-5-10;/h9-11H,2-8H2,1H3;1H. The van der Waals surface area contributed by atoms with Gasteiger partial charge in [-0.3, -0.25) is 0 Å². The van der Waals surface area contributed by atoms with Gasteiger partial charge in [-0.2, -0.15) is 0 Å². The highest BCUT2D eigenvalue weighted by molar-refractivity contribution is 7.90. The summed E-state index contributed by atoms with van der Waals surface area (Å²) in [5.74, 6) is 0.497. The average Bonchev–Trinajstić information content (AvgIpc) is 3.02. The molecule has 1 heterocycles. The van der Waals surface area contributed by atoms with Crippen molar-refractivity contribution in [3.63, 3.8) is 0 Å². The van der Waals surface area contributed by atoms with Crippen LogP contribution in [0, 0.1) is 5.92 Å². The van der Waals surface area contributed by atoms with Crippen LogP contribution in [0.25, 0.3) is 0 Å². The van der Waals surface area contributed by atoms with Crippen molar-refractivity contribution in [1.82, 2.24) is 9.62 Å². The van der Waals surface area contributed by atoms with E-state index in [9.17, 15) is 8.42 Å². The van der Waals surface area contributed by atoms with Crippen LogP contribution < -0.4 is 5.32 Å². The van der Waals surface area contributed by atoms with E-state index in [1.54, 1.807) is 4.31 Å². The number of hydrogen-bond donors (Lipinski definition) is 1. The summed E-state index contributed by atoms with van der Waals surface area (Å²) in [5, 5.41) is 3.08. The minimum absolute atomic E-state index is 0. The van der Waals surface area contributed by atoms with Gasteiger partial charge >= 0.3 is 0 Å². The molecule has 0 aromatic heterocycles. The van der Waals surface area contributed by atoms with Crippen LogP contribution in [0.1, 0.15) is 25.7 Å². The fraction of sp³-hybridized carbons (Fsp3) is 1.00. The van der Waals surface area contributed by atoms with Crippen molar-refractivity contribution < 1.29 is 8.42 Å². The molecule has 6 heteroatoms. The van der Waals surface area contributed by atoms with Gasteiger partial charge in [-0.1, -0.05) is 0 Å². The van der Waals surface area contributed by atoms with Crippen LogP contribution in [-0.4, -0.2) is 44.7 Å². The Balaban J connectivity index is 0.00000128. The Labute approximate surface area is 104 Å². The van der Waals surface area contributed by atoms with Crippen molar-refractivity contribution in [2.75, 3.05) is 26.7 Å². The number of halogens is 1. The number of rotatable bonds is 4. The molecule has 2 aliphatic rings. The maximum absolute atomic E-state index is 12.0. The van der Waals surface area contributed by atoms with Gasteiger partial charge in [0, 0.05) is 13.1 Å². The zero-order chi connectivity index (χ0) is 10.9.